The molecule has 6 heteroatoms. The summed E-state index contributed by atoms with van der Waals surface area (Å²) < 4.78 is 0. The van der Waals surface area contributed by atoms with Gasteiger partial charge in [0, 0.05) is 23.5 Å². The summed E-state index contributed by atoms with van der Waals surface area (Å²) in [6.07, 6.45) is 6.88. The van der Waals surface area contributed by atoms with Crippen molar-refractivity contribution in [1.82, 2.24) is 20.2 Å². The van der Waals surface area contributed by atoms with E-state index in [-0.39, 0.29) is 0 Å². The number of hydrogen-bond acceptors (Lipinski definition) is 6. The first-order chi connectivity index (χ1) is 12.5. The summed E-state index contributed by atoms with van der Waals surface area (Å²) in [5, 5.41) is 4.71. The molecule has 0 spiro atoms. The third-order valence-electron chi connectivity index (χ3n) is 6.47. The lowest BCUT2D eigenvalue weighted by atomic mass is 9.85. The maximum Gasteiger partial charge on any atom is 0.146 e. The summed E-state index contributed by atoms with van der Waals surface area (Å²) in [5.41, 5.74) is 7.43. The molecular formula is C20H31N5S. The molecule has 1 saturated carbocycles. The molecule has 4 rings (SSSR count). The molecule has 2 fully saturated rings. The fraction of sp³-hybridized carbons (Fsp3) is 0.700. The van der Waals surface area contributed by atoms with Gasteiger partial charge >= 0.3 is 0 Å². The topological polar surface area (TPSA) is 67.1 Å². The fourth-order valence-corrected chi connectivity index (χ4v) is 5.41. The molecule has 26 heavy (non-hydrogen) atoms. The molecule has 2 aromatic rings. The highest BCUT2D eigenvalue weighted by molar-refractivity contribution is 7.18. The van der Waals surface area contributed by atoms with E-state index in [2.05, 4.69) is 36.0 Å². The number of anilines is 1. The molecular weight excluding hydrogens is 342 g/mol. The Labute approximate surface area is 160 Å². The molecule has 3 N–H and O–H groups in total. The highest BCUT2D eigenvalue weighted by atomic mass is 32.1. The van der Waals surface area contributed by atoms with Crippen molar-refractivity contribution in [3.63, 3.8) is 0 Å². The molecule has 1 aliphatic heterocycles. The van der Waals surface area contributed by atoms with Crippen molar-refractivity contribution < 1.29 is 0 Å². The molecule has 5 nitrogen and oxygen atoms in total. The Morgan fingerprint density at radius 2 is 2.04 bits per heavy atom. The van der Waals surface area contributed by atoms with E-state index in [1.165, 1.54) is 55.6 Å². The van der Waals surface area contributed by atoms with Crippen LogP contribution in [0.3, 0.4) is 0 Å². The zero-order valence-electron chi connectivity index (χ0n) is 16.2. The first-order valence-electron chi connectivity index (χ1n) is 10.0. The number of aryl methyl sites for hydroxylation is 2. The maximum absolute atomic E-state index is 6.21. The number of likely N-dealkylation sites (tertiary alicyclic amines) is 1. The van der Waals surface area contributed by atoms with Crippen LogP contribution in [0.4, 0.5) is 5.82 Å². The summed E-state index contributed by atoms with van der Waals surface area (Å²) in [6, 6.07) is 1.34. The van der Waals surface area contributed by atoms with Crippen LogP contribution in [0.5, 0.6) is 0 Å². The zero-order chi connectivity index (χ0) is 18.3. The number of nitrogens with zero attached hydrogens (tertiary/aromatic N) is 3. The summed E-state index contributed by atoms with van der Waals surface area (Å²) in [4.78, 5) is 14.3. The van der Waals surface area contributed by atoms with Gasteiger partial charge in [0.2, 0.25) is 0 Å². The Balaban J connectivity index is 1.39. The molecule has 0 amide bonds. The van der Waals surface area contributed by atoms with Gasteiger partial charge in [-0.3, -0.25) is 0 Å². The number of nitrogen functional groups attached to an aromatic ring is 1. The average molecular weight is 374 g/mol. The summed E-state index contributed by atoms with van der Waals surface area (Å²) in [5.74, 6) is 2.15. The van der Waals surface area contributed by atoms with Gasteiger partial charge in [-0.2, -0.15) is 0 Å². The van der Waals surface area contributed by atoms with Gasteiger partial charge in [-0.25, -0.2) is 9.97 Å². The molecule has 1 aliphatic carbocycles. The maximum atomic E-state index is 6.21. The van der Waals surface area contributed by atoms with Crippen LogP contribution >= 0.6 is 11.3 Å². The third kappa shape index (κ3) is 3.47. The molecule has 1 saturated heterocycles. The van der Waals surface area contributed by atoms with Crippen molar-refractivity contribution >= 4 is 27.4 Å². The Kier molecular flexibility index (Phi) is 5.17. The highest BCUT2D eigenvalue weighted by Crippen LogP contribution is 2.32. The number of thiophene rings is 1. The molecule has 0 bridgehead atoms. The van der Waals surface area contributed by atoms with Gasteiger partial charge in [-0.1, -0.05) is 6.42 Å². The van der Waals surface area contributed by atoms with Crippen LogP contribution in [-0.4, -0.2) is 40.0 Å². The second-order valence-electron chi connectivity index (χ2n) is 8.14. The van der Waals surface area contributed by atoms with Gasteiger partial charge in [-0.05, 0) is 64.5 Å². The quantitative estimate of drug-likeness (QED) is 0.838. The molecule has 2 atom stereocenters. The van der Waals surface area contributed by atoms with Crippen LogP contribution < -0.4 is 11.1 Å². The molecule has 0 radical (unpaired) electrons. The first kappa shape index (κ1) is 18.1. The lowest BCUT2D eigenvalue weighted by molar-refractivity contribution is 0.0665. The van der Waals surface area contributed by atoms with Crippen molar-refractivity contribution in [2.24, 2.45) is 5.92 Å². The number of hydrogen-bond donors (Lipinski definition) is 2. The van der Waals surface area contributed by atoms with E-state index in [9.17, 15) is 0 Å². The molecule has 2 unspecified atom stereocenters. The molecule has 142 valence electrons. The van der Waals surface area contributed by atoms with E-state index in [0.717, 1.165) is 28.0 Å². The largest absolute Gasteiger partial charge is 0.383 e. The highest BCUT2D eigenvalue weighted by Gasteiger charge is 2.31. The smallest absolute Gasteiger partial charge is 0.146 e. The molecule has 3 heterocycles. The summed E-state index contributed by atoms with van der Waals surface area (Å²) in [6.45, 7) is 9.77. The number of rotatable bonds is 5. The van der Waals surface area contributed by atoms with Crippen LogP contribution in [0.15, 0.2) is 0 Å². The fourth-order valence-electron chi connectivity index (χ4n) is 4.36. The Bertz CT molecular complexity index is 782. The van der Waals surface area contributed by atoms with Gasteiger partial charge in [0.25, 0.3) is 0 Å². The Hall–Kier alpha value is -1.24. The average Bonchev–Trinajstić information content (AvgIpc) is 2.86. The lowest BCUT2D eigenvalue weighted by Crippen LogP contribution is -2.50. The van der Waals surface area contributed by atoms with E-state index in [1.54, 1.807) is 11.3 Å². The SMILES string of the molecule is Cc1sc2nc(CNC(C)C3CCCN(C4CCC4)C3)nc(N)c2c1C. The van der Waals surface area contributed by atoms with Crippen molar-refractivity contribution in [1.29, 1.82) is 0 Å². The second kappa shape index (κ2) is 7.41. The summed E-state index contributed by atoms with van der Waals surface area (Å²) >= 11 is 1.72. The normalized spacial score (nSPS) is 23.3. The minimum absolute atomic E-state index is 0.477. The van der Waals surface area contributed by atoms with Gasteiger partial charge in [0.05, 0.1) is 11.9 Å². The predicted octanol–water partition coefficient (Wildman–Crippen LogP) is 3.63. The lowest BCUT2D eigenvalue weighted by Gasteiger charge is -2.44. The molecule has 2 aromatic heterocycles. The second-order valence-corrected chi connectivity index (χ2v) is 9.34. The number of nitrogens with two attached hydrogens (primary N) is 1. The number of nitrogens with one attached hydrogen (secondary N) is 1. The van der Waals surface area contributed by atoms with E-state index >= 15 is 0 Å². The van der Waals surface area contributed by atoms with E-state index in [4.69, 9.17) is 10.7 Å². The van der Waals surface area contributed by atoms with Crippen LogP contribution in [-0.2, 0) is 6.54 Å². The Morgan fingerprint density at radius 1 is 1.23 bits per heavy atom. The van der Waals surface area contributed by atoms with Crippen LogP contribution in [0.1, 0.15) is 55.3 Å². The summed E-state index contributed by atoms with van der Waals surface area (Å²) in [7, 11) is 0. The monoisotopic (exact) mass is 373 g/mol. The predicted molar refractivity (Wildman–Crippen MR) is 110 cm³/mol. The Morgan fingerprint density at radius 3 is 2.77 bits per heavy atom. The van der Waals surface area contributed by atoms with Gasteiger partial charge in [0.1, 0.15) is 16.5 Å². The number of aromatic nitrogens is 2. The zero-order valence-corrected chi connectivity index (χ0v) is 17.0. The van der Waals surface area contributed by atoms with E-state index in [1.807, 2.05) is 0 Å². The van der Waals surface area contributed by atoms with Gasteiger partial charge in [0.15, 0.2) is 0 Å². The van der Waals surface area contributed by atoms with Gasteiger partial charge < -0.3 is 16.0 Å². The first-order valence-corrected chi connectivity index (χ1v) is 10.8. The van der Waals surface area contributed by atoms with Crippen molar-refractivity contribution in [2.45, 2.75) is 71.5 Å². The minimum Gasteiger partial charge on any atom is -0.383 e. The minimum atomic E-state index is 0.477. The van der Waals surface area contributed by atoms with Crippen molar-refractivity contribution in [3.8, 4) is 0 Å². The third-order valence-corrected chi connectivity index (χ3v) is 7.57. The molecule has 2 aliphatic rings. The standard InChI is InChI=1S/C20H31N5S/c1-12-14(3)26-20-18(12)19(21)23-17(24-20)10-22-13(2)15-6-5-9-25(11-15)16-7-4-8-16/h13,15-16,22H,4-11H2,1-3H3,(H2,21,23,24). The number of fused-ring (bicyclic) bond motifs is 1. The van der Waals surface area contributed by atoms with Crippen LogP contribution in [0, 0.1) is 19.8 Å². The van der Waals surface area contributed by atoms with Gasteiger partial charge in [-0.15, -0.1) is 11.3 Å². The van der Waals surface area contributed by atoms with Crippen LogP contribution in [0.2, 0.25) is 0 Å². The number of piperidine rings is 1. The van der Waals surface area contributed by atoms with E-state index < -0.39 is 0 Å². The van der Waals surface area contributed by atoms with E-state index in [0.29, 0.717) is 18.4 Å². The van der Waals surface area contributed by atoms with Crippen LogP contribution in [0.25, 0.3) is 10.2 Å². The molecule has 0 aromatic carbocycles. The van der Waals surface area contributed by atoms with Crippen molar-refractivity contribution in [2.75, 3.05) is 18.8 Å². The van der Waals surface area contributed by atoms with Crippen molar-refractivity contribution in [3.05, 3.63) is 16.3 Å².